The molecule has 2 rings (SSSR count). The average molecular weight is 277 g/mol. The van der Waals surface area contributed by atoms with Crippen molar-refractivity contribution in [2.24, 2.45) is 0 Å². The van der Waals surface area contributed by atoms with Crippen LogP contribution in [0.25, 0.3) is 0 Å². The number of aliphatic hydroxyl groups is 1. The molecular formula is C16H17F2NO. The minimum atomic E-state index is -0.667. The Morgan fingerprint density at radius 2 is 1.70 bits per heavy atom. The van der Waals surface area contributed by atoms with Crippen LogP contribution in [0.15, 0.2) is 36.4 Å². The number of benzene rings is 2. The molecule has 0 atom stereocenters. The lowest BCUT2D eigenvalue weighted by molar-refractivity contribution is 0.280. The highest BCUT2D eigenvalue weighted by Crippen LogP contribution is 2.32. The van der Waals surface area contributed by atoms with Gasteiger partial charge in [-0.3, -0.25) is 0 Å². The van der Waals surface area contributed by atoms with Crippen molar-refractivity contribution in [3.63, 3.8) is 0 Å². The highest BCUT2D eigenvalue weighted by atomic mass is 19.1. The third kappa shape index (κ3) is 2.65. The monoisotopic (exact) mass is 277 g/mol. The molecule has 0 spiro atoms. The van der Waals surface area contributed by atoms with Gasteiger partial charge in [0.2, 0.25) is 0 Å². The van der Waals surface area contributed by atoms with Crippen LogP contribution in [-0.4, -0.2) is 11.7 Å². The summed E-state index contributed by atoms with van der Waals surface area (Å²) in [6.45, 7) is 3.79. The van der Waals surface area contributed by atoms with E-state index in [-0.39, 0.29) is 17.9 Å². The molecule has 0 unspecified atom stereocenters. The van der Waals surface area contributed by atoms with E-state index in [0.29, 0.717) is 6.54 Å². The summed E-state index contributed by atoms with van der Waals surface area (Å²) >= 11 is 0. The number of aryl methyl sites for hydroxylation is 1. The highest BCUT2D eigenvalue weighted by Gasteiger charge is 2.19. The van der Waals surface area contributed by atoms with E-state index in [4.69, 9.17) is 5.11 Å². The van der Waals surface area contributed by atoms with Gasteiger partial charge in [0.25, 0.3) is 0 Å². The van der Waals surface area contributed by atoms with E-state index in [1.54, 1.807) is 4.90 Å². The fraction of sp³-hybridized carbons (Fsp3) is 0.250. The van der Waals surface area contributed by atoms with E-state index in [0.717, 1.165) is 11.3 Å². The second-order valence-electron chi connectivity index (χ2n) is 4.60. The molecule has 2 aromatic rings. The Morgan fingerprint density at radius 1 is 1.10 bits per heavy atom. The van der Waals surface area contributed by atoms with Crippen LogP contribution in [-0.2, 0) is 6.61 Å². The van der Waals surface area contributed by atoms with Crippen molar-refractivity contribution >= 4 is 11.4 Å². The van der Waals surface area contributed by atoms with Gasteiger partial charge in [-0.25, -0.2) is 8.78 Å². The number of hydrogen-bond acceptors (Lipinski definition) is 2. The molecule has 0 radical (unpaired) electrons. The van der Waals surface area contributed by atoms with E-state index in [1.807, 2.05) is 38.1 Å². The molecule has 106 valence electrons. The fourth-order valence-corrected chi connectivity index (χ4v) is 2.28. The number of rotatable bonds is 4. The van der Waals surface area contributed by atoms with Gasteiger partial charge < -0.3 is 10.0 Å². The number of halogens is 2. The van der Waals surface area contributed by atoms with Crippen molar-refractivity contribution in [3.8, 4) is 0 Å². The minimum absolute atomic E-state index is 0.0843. The predicted molar refractivity (Wildman–Crippen MR) is 76.1 cm³/mol. The molecule has 0 aliphatic heterocycles. The summed E-state index contributed by atoms with van der Waals surface area (Å²) < 4.78 is 28.3. The number of hydrogen-bond donors (Lipinski definition) is 1. The summed E-state index contributed by atoms with van der Waals surface area (Å²) in [6, 6.07) is 9.78. The fourth-order valence-electron chi connectivity index (χ4n) is 2.28. The number of nitrogens with zero attached hydrogens (tertiary/aromatic N) is 1. The Labute approximate surface area is 117 Å². The van der Waals surface area contributed by atoms with Gasteiger partial charge in [0.15, 0.2) is 0 Å². The lowest BCUT2D eigenvalue weighted by Gasteiger charge is -2.26. The van der Waals surface area contributed by atoms with Gasteiger partial charge in [0.05, 0.1) is 6.61 Å². The van der Waals surface area contributed by atoms with Gasteiger partial charge in [-0.05, 0) is 43.2 Å². The molecule has 20 heavy (non-hydrogen) atoms. The quantitative estimate of drug-likeness (QED) is 0.915. The summed E-state index contributed by atoms with van der Waals surface area (Å²) in [5.74, 6) is -1.33. The molecule has 0 aromatic heterocycles. The largest absolute Gasteiger partial charge is 0.392 e. The predicted octanol–water partition coefficient (Wildman–Crippen LogP) is 3.92. The Hall–Kier alpha value is -1.94. The van der Waals surface area contributed by atoms with Gasteiger partial charge in [-0.1, -0.05) is 18.2 Å². The van der Waals surface area contributed by atoms with Crippen molar-refractivity contribution < 1.29 is 13.9 Å². The maximum atomic E-state index is 14.2. The normalized spacial score (nSPS) is 10.7. The minimum Gasteiger partial charge on any atom is -0.392 e. The first-order chi connectivity index (χ1) is 9.58. The van der Waals surface area contributed by atoms with Crippen LogP contribution in [0.4, 0.5) is 20.2 Å². The molecule has 4 heteroatoms. The van der Waals surface area contributed by atoms with E-state index in [2.05, 4.69) is 0 Å². The van der Waals surface area contributed by atoms with E-state index < -0.39 is 11.6 Å². The van der Waals surface area contributed by atoms with Gasteiger partial charge in [0, 0.05) is 12.2 Å². The zero-order chi connectivity index (χ0) is 14.7. The summed E-state index contributed by atoms with van der Waals surface area (Å²) in [5, 5.41) is 8.99. The van der Waals surface area contributed by atoms with Crippen molar-refractivity contribution in [2.75, 3.05) is 11.4 Å². The molecule has 0 amide bonds. The van der Waals surface area contributed by atoms with E-state index in [9.17, 15) is 8.78 Å². The van der Waals surface area contributed by atoms with Crippen LogP contribution in [0, 0.1) is 18.6 Å². The van der Waals surface area contributed by atoms with Gasteiger partial charge in [0.1, 0.15) is 17.3 Å². The zero-order valence-electron chi connectivity index (χ0n) is 11.5. The lowest BCUT2D eigenvalue weighted by atomic mass is 10.1. The molecule has 0 bridgehead atoms. The third-order valence-corrected chi connectivity index (χ3v) is 3.25. The van der Waals surface area contributed by atoms with Crippen LogP contribution in [0.3, 0.4) is 0 Å². The van der Waals surface area contributed by atoms with Crippen molar-refractivity contribution in [1.82, 2.24) is 0 Å². The summed E-state index contributed by atoms with van der Waals surface area (Å²) in [7, 11) is 0. The second-order valence-corrected chi connectivity index (χ2v) is 4.60. The number of aliphatic hydroxyl groups excluding tert-OH is 1. The van der Waals surface area contributed by atoms with Crippen LogP contribution in [0.2, 0.25) is 0 Å². The van der Waals surface area contributed by atoms with Crippen LogP contribution < -0.4 is 4.90 Å². The summed E-state index contributed by atoms with van der Waals surface area (Å²) in [5.41, 5.74) is 1.85. The zero-order valence-corrected chi connectivity index (χ0v) is 11.5. The first-order valence-electron chi connectivity index (χ1n) is 6.50. The SMILES string of the molecule is CCN(c1ccccc1C)c1c(F)cc(CO)cc1F. The molecular weight excluding hydrogens is 260 g/mol. The van der Waals surface area contributed by atoms with E-state index in [1.165, 1.54) is 12.1 Å². The summed E-state index contributed by atoms with van der Waals surface area (Å²) in [4.78, 5) is 1.60. The van der Waals surface area contributed by atoms with Crippen molar-refractivity contribution in [2.45, 2.75) is 20.5 Å². The van der Waals surface area contributed by atoms with Gasteiger partial charge >= 0.3 is 0 Å². The smallest absolute Gasteiger partial charge is 0.150 e. The lowest BCUT2D eigenvalue weighted by Crippen LogP contribution is -2.20. The van der Waals surface area contributed by atoms with Crippen LogP contribution >= 0.6 is 0 Å². The Bertz CT molecular complexity index is 590. The molecule has 0 saturated carbocycles. The van der Waals surface area contributed by atoms with E-state index >= 15 is 0 Å². The molecule has 0 aliphatic carbocycles. The Kier molecular flexibility index (Phi) is 4.35. The third-order valence-electron chi connectivity index (χ3n) is 3.25. The topological polar surface area (TPSA) is 23.5 Å². The van der Waals surface area contributed by atoms with Crippen molar-refractivity contribution in [1.29, 1.82) is 0 Å². The molecule has 0 heterocycles. The maximum absolute atomic E-state index is 14.2. The molecule has 2 nitrogen and oxygen atoms in total. The number of anilines is 2. The van der Waals surface area contributed by atoms with Gasteiger partial charge in [-0.2, -0.15) is 0 Å². The average Bonchev–Trinajstić information content (AvgIpc) is 2.43. The van der Waals surface area contributed by atoms with Crippen LogP contribution in [0.5, 0.6) is 0 Å². The highest BCUT2D eigenvalue weighted by molar-refractivity contribution is 5.67. The molecule has 0 fully saturated rings. The molecule has 2 aromatic carbocycles. The Balaban J connectivity index is 2.56. The number of para-hydroxylation sites is 1. The van der Waals surface area contributed by atoms with Crippen LogP contribution in [0.1, 0.15) is 18.1 Å². The first kappa shape index (κ1) is 14.5. The first-order valence-corrected chi connectivity index (χ1v) is 6.50. The van der Waals surface area contributed by atoms with Gasteiger partial charge in [-0.15, -0.1) is 0 Å². The maximum Gasteiger partial charge on any atom is 0.150 e. The Morgan fingerprint density at radius 3 is 2.20 bits per heavy atom. The molecule has 1 N–H and O–H groups in total. The van der Waals surface area contributed by atoms with Crippen molar-refractivity contribution in [3.05, 3.63) is 59.2 Å². The molecule has 0 saturated heterocycles. The summed E-state index contributed by atoms with van der Waals surface area (Å²) in [6.07, 6.45) is 0. The standard InChI is InChI=1S/C16H17F2NO/c1-3-19(15-7-5-4-6-11(15)2)16-13(17)8-12(10-20)9-14(16)18/h4-9,20H,3,10H2,1-2H3. The molecule has 0 aliphatic rings. The second kappa shape index (κ2) is 6.01.